The average Bonchev–Trinajstić information content (AvgIpc) is 3.25. The first kappa shape index (κ1) is 18.4. The second-order valence-electron chi connectivity index (χ2n) is 7.42. The maximum Gasteiger partial charge on any atom is 0.180 e. The highest BCUT2D eigenvalue weighted by Gasteiger charge is 2.39. The number of H-pyrrole nitrogens is 1. The van der Waals surface area contributed by atoms with E-state index in [0.717, 1.165) is 25.3 Å². The quantitative estimate of drug-likeness (QED) is 0.714. The van der Waals surface area contributed by atoms with E-state index in [9.17, 15) is 0 Å². The van der Waals surface area contributed by atoms with Crippen LogP contribution in [0.2, 0.25) is 0 Å². The summed E-state index contributed by atoms with van der Waals surface area (Å²) in [5.74, 6) is 0.246. The first-order valence-corrected chi connectivity index (χ1v) is 9.68. The molecule has 2 unspecified atom stereocenters. The second-order valence-corrected chi connectivity index (χ2v) is 7.42. The number of fused-ring (bicyclic) bond motifs is 1. The van der Waals surface area contributed by atoms with Gasteiger partial charge in [-0.2, -0.15) is 0 Å². The molecular formula is C21H32N2O2. The molecule has 0 saturated carbocycles. The molecule has 2 N–H and O–H groups in total. The molecule has 3 rings (SSSR count). The van der Waals surface area contributed by atoms with Gasteiger partial charge in [0, 0.05) is 17.1 Å². The molecule has 138 valence electrons. The summed E-state index contributed by atoms with van der Waals surface area (Å²) in [6.45, 7) is 8.98. The minimum atomic E-state index is -0.492. The predicted molar refractivity (Wildman–Crippen MR) is 103 cm³/mol. The SMILES string of the molecule is CCC(C)CCC(NCCc1c[nH]c2ccccc12)C1(C)OCCO1. The van der Waals surface area contributed by atoms with Crippen molar-refractivity contribution in [2.75, 3.05) is 19.8 Å². The van der Waals surface area contributed by atoms with Crippen LogP contribution in [0.15, 0.2) is 30.5 Å². The largest absolute Gasteiger partial charge is 0.361 e. The normalized spacial score (nSPS) is 19.3. The highest BCUT2D eigenvalue weighted by Crippen LogP contribution is 2.27. The zero-order chi connectivity index (χ0) is 17.7. The molecule has 2 heterocycles. The van der Waals surface area contributed by atoms with Gasteiger partial charge >= 0.3 is 0 Å². The fourth-order valence-corrected chi connectivity index (χ4v) is 3.66. The minimum Gasteiger partial charge on any atom is -0.361 e. The van der Waals surface area contributed by atoms with Crippen molar-refractivity contribution >= 4 is 10.9 Å². The van der Waals surface area contributed by atoms with Crippen molar-refractivity contribution in [2.24, 2.45) is 5.92 Å². The van der Waals surface area contributed by atoms with Gasteiger partial charge in [0.05, 0.1) is 19.3 Å². The summed E-state index contributed by atoms with van der Waals surface area (Å²) in [6.07, 6.45) is 6.63. The molecule has 4 nitrogen and oxygen atoms in total. The van der Waals surface area contributed by atoms with Gasteiger partial charge in [0.25, 0.3) is 0 Å². The topological polar surface area (TPSA) is 46.3 Å². The maximum atomic E-state index is 5.94. The lowest BCUT2D eigenvalue weighted by molar-refractivity contribution is -0.166. The van der Waals surface area contributed by atoms with Gasteiger partial charge in [-0.3, -0.25) is 0 Å². The van der Waals surface area contributed by atoms with Gasteiger partial charge in [0.15, 0.2) is 5.79 Å². The van der Waals surface area contributed by atoms with Crippen LogP contribution in [-0.4, -0.2) is 36.6 Å². The Morgan fingerprint density at radius 3 is 2.72 bits per heavy atom. The fraction of sp³-hybridized carbons (Fsp3) is 0.619. The highest BCUT2D eigenvalue weighted by molar-refractivity contribution is 5.83. The highest BCUT2D eigenvalue weighted by atomic mass is 16.7. The number of rotatable bonds is 9. The molecule has 0 bridgehead atoms. The van der Waals surface area contributed by atoms with Crippen LogP contribution in [0.1, 0.15) is 45.6 Å². The Balaban J connectivity index is 1.59. The number of para-hydroxylation sites is 1. The lowest BCUT2D eigenvalue weighted by Crippen LogP contribution is -2.50. The third-order valence-corrected chi connectivity index (χ3v) is 5.60. The van der Waals surface area contributed by atoms with E-state index in [1.54, 1.807) is 0 Å². The average molecular weight is 344 g/mol. The van der Waals surface area contributed by atoms with Gasteiger partial charge in [0.1, 0.15) is 0 Å². The van der Waals surface area contributed by atoms with Crippen molar-refractivity contribution in [2.45, 2.75) is 58.3 Å². The first-order valence-electron chi connectivity index (χ1n) is 9.68. The predicted octanol–water partition coefficient (Wildman–Crippen LogP) is 4.26. The molecule has 1 fully saturated rings. The Labute approximate surface area is 151 Å². The van der Waals surface area contributed by atoms with Crippen LogP contribution in [0.25, 0.3) is 10.9 Å². The first-order chi connectivity index (χ1) is 12.1. The Morgan fingerprint density at radius 2 is 1.96 bits per heavy atom. The van der Waals surface area contributed by atoms with Crippen LogP contribution in [0, 0.1) is 5.92 Å². The van der Waals surface area contributed by atoms with E-state index in [4.69, 9.17) is 9.47 Å². The molecule has 0 spiro atoms. The fourth-order valence-electron chi connectivity index (χ4n) is 3.66. The molecule has 2 aromatic rings. The van der Waals surface area contributed by atoms with E-state index in [1.165, 1.54) is 29.3 Å². The number of nitrogens with one attached hydrogen (secondary N) is 2. The maximum absolute atomic E-state index is 5.94. The minimum absolute atomic E-state index is 0.231. The summed E-state index contributed by atoms with van der Waals surface area (Å²) in [5.41, 5.74) is 2.57. The van der Waals surface area contributed by atoms with Crippen LogP contribution >= 0.6 is 0 Å². The van der Waals surface area contributed by atoms with Crippen molar-refractivity contribution in [1.82, 2.24) is 10.3 Å². The summed E-state index contributed by atoms with van der Waals surface area (Å²) >= 11 is 0. The Morgan fingerprint density at radius 1 is 1.20 bits per heavy atom. The van der Waals surface area contributed by atoms with E-state index >= 15 is 0 Å². The number of ether oxygens (including phenoxy) is 2. The molecule has 1 aliphatic heterocycles. The Kier molecular flexibility index (Phi) is 6.15. The van der Waals surface area contributed by atoms with Crippen molar-refractivity contribution < 1.29 is 9.47 Å². The van der Waals surface area contributed by atoms with E-state index in [-0.39, 0.29) is 6.04 Å². The second kappa shape index (κ2) is 8.35. The van der Waals surface area contributed by atoms with Gasteiger partial charge in [-0.1, -0.05) is 38.5 Å². The zero-order valence-electron chi connectivity index (χ0n) is 15.8. The number of hydrogen-bond acceptors (Lipinski definition) is 3. The van der Waals surface area contributed by atoms with Gasteiger partial charge in [0.2, 0.25) is 0 Å². The third kappa shape index (κ3) is 4.43. The molecule has 1 saturated heterocycles. The molecule has 1 aromatic carbocycles. The summed E-state index contributed by atoms with van der Waals surface area (Å²) in [7, 11) is 0. The smallest absolute Gasteiger partial charge is 0.180 e. The molecular weight excluding hydrogens is 312 g/mol. The number of aromatic nitrogens is 1. The van der Waals surface area contributed by atoms with Gasteiger partial charge < -0.3 is 19.8 Å². The lowest BCUT2D eigenvalue weighted by Gasteiger charge is -2.33. The van der Waals surface area contributed by atoms with Gasteiger partial charge in [-0.15, -0.1) is 0 Å². The summed E-state index contributed by atoms with van der Waals surface area (Å²) < 4.78 is 11.9. The van der Waals surface area contributed by atoms with E-state index in [0.29, 0.717) is 13.2 Å². The standard InChI is InChI=1S/C21H32N2O2/c1-4-16(2)9-10-20(21(3)24-13-14-25-21)22-12-11-17-15-23-19-8-6-5-7-18(17)19/h5-8,15-16,20,22-23H,4,9-14H2,1-3H3. The van der Waals surface area contributed by atoms with Gasteiger partial charge in [-0.25, -0.2) is 0 Å². The van der Waals surface area contributed by atoms with E-state index in [1.807, 2.05) is 0 Å². The van der Waals surface area contributed by atoms with Crippen molar-refractivity contribution in [1.29, 1.82) is 0 Å². The van der Waals surface area contributed by atoms with E-state index in [2.05, 4.69) is 61.5 Å². The number of hydrogen-bond donors (Lipinski definition) is 2. The summed E-state index contributed by atoms with van der Waals surface area (Å²) in [6, 6.07) is 8.72. The van der Waals surface area contributed by atoms with Crippen LogP contribution in [0.5, 0.6) is 0 Å². The van der Waals surface area contributed by atoms with Crippen LogP contribution in [-0.2, 0) is 15.9 Å². The molecule has 1 aliphatic rings. The summed E-state index contributed by atoms with van der Waals surface area (Å²) in [5, 5.41) is 5.04. The molecule has 25 heavy (non-hydrogen) atoms. The summed E-state index contributed by atoms with van der Waals surface area (Å²) in [4.78, 5) is 3.36. The number of aromatic amines is 1. The van der Waals surface area contributed by atoms with E-state index < -0.39 is 5.79 Å². The van der Waals surface area contributed by atoms with Crippen LogP contribution in [0.4, 0.5) is 0 Å². The van der Waals surface area contributed by atoms with Crippen LogP contribution < -0.4 is 5.32 Å². The van der Waals surface area contributed by atoms with Crippen molar-refractivity contribution in [3.05, 3.63) is 36.0 Å². The monoisotopic (exact) mass is 344 g/mol. The lowest BCUT2D eigenvalue weighted by atomic mass is 9.95. The third-order valence-electron chi connectivity index (χ3n) is 5.60. The Hall–Kier alpha value is -1.36. The van der Waals surface area contributed by atoms with Crippen molar-refractivity contribution in [3.8, 4) is 0 Å². The molecule has 1 aromatic heterocycles. The number of benzene rings is 1. The van der Waals surface area contributed by atoms with Crippen molar-refractivity contribution in [3.63, 3.8) is 0 Å². The molecule has 0 radical (unpaired) electrons. The van der Waals surface area contributed by atoms with Gasteiger partial charge in [-0.05, 0) is 50.3 Å². The molecule has 4 heteroatoms. The Bertz CT molecular complexity index is 661. The van der Waals surface area contributed by atoms with Crippen LogP contribution in [0.3, 0.4) is 0 Å². The molecule has 0 amide bonds. The molecule has 0 aliphatic carbocycles. The molecule has 2 atom stereocenters. The zero-order valence-corrected chi connectivity index (χ0v) is 15.8.